The second-order valence-electron chi connectivity index (χ2n) is 5.58. The summed E-state index contributed by atoms with van der Waals surface area (Å²) in [5, 5.41) is 6.99. The number of halogens is 1. The number of rotatable bonds is 5. The van der Waals surface area contributed by atoms with Crippen molar-refractivity contribution in [3.8, 4) is 0 Å². The van der Waals surface area contributed by atoms with Crippen molar-refractivity contribution in [3.05, 3.63) is 29.3 Å². The van der Waals surface area contributed by atoms with Crippen LogP contribution in [0.3, 0.4) is 0 Å². The van der Waals surface area contributed by atoms with Gasteiger partial charge in [-0.3, -0.25) is 0 Å². The second kappa shape index (κ2) is 8.25. The van der Waals surface area contributed by atoms with E-state index in [-0.39, 0.29) is 6.03 Å². The van der Waals surface area contributed by atoms with Gasteiger partial charge in [-0.05, 0) is 62.5 Å². The molecule has 0 saturated carbocycles. The van der Waals surface area contributed by atoms with Crippen LogP contribution in [0.15, 0.2) is 24.3 Å². The molecule has 116 valence electrons. The van der Waals surface area contributed by atoms with E-state index in [4.69, 9.17) is 11.6 Å². The lowest BCUT2D eigenvalue weighted by molar-refractivity contribution is 0.192. The first-order valence-corrected chi connectivity index (χ1v) is 8.09. The first kappa shape index (κ1) is 16.1. The molecule has 0 unspecified atom stereocenters. The van der Waals surface area contributed by atoms with Crippen LogP contribution in [0.1, 0.15) is 26.2 Å². The summed E-state index contributed by atoms with van der Waals surface area (Å²) in [7, 11) is 0. The van der Waals surface area contributed by atoms with Crippen LogP contribution in [0.4, 0.5) is 10.5 Å². The quantitative estimate of drug-likeness (QED) is 0.873. The van der Waals surface area contributed by atoms with E-state index >= 15 is 0 Å². The second-order valence-corrected chi connectivity index (χ2v) is 6.01. The van der Waals surface area contributed by atoms with E-state index in [9.17, 15) is 4.79 Å². The van der Waals surface area contributed by atoms with Crippen LogP contribution in [0.5, 0.6) is 0 Å². The number of nitrogens with zero attached hydrogens (tertiary/aromatic N) is 1. The van der Waals surface area contributed by atoms with E-state index in [1.54, 1.807) is 12.1 Å². The standard InChI is InChI=1S/C16H24ClN3O/c1-2-11-20(12-13-7-9-18-10-8-13)16(21)19-15-5-3-14(17)4-6-15/h3-6,13,18H,2,7-12H2,1H3,(H,19,21). The number of piperidine rings is 1. The predicted octanol–water partition coefficient (Wildman–Crippen LogP) is 3.58. The summed E-state index contributed by atoms with van der Waals surface area (Å²) in [6, 6.07) is 7.21. The summed E-state index contributed by atoms with van der Waals surface area (Å²) in [5.74, 6) is 0.605. The number of hydrogen-bond donors (Lipinski definition) is 2. The number of urea groups is 1. The third kappa shape index (κ3) is 5.21. The van der Waals surface area contributed by atoms with Gasteiger partial charge in [0, 0.05) is 23.8 Å². The largest absolute Gasteiger partial charge is 0.324 e. The van der Waals surface area contributed by atoms with E-state index in [1.807, 2.05) is 17.0 Å². The van der Waals surface area contributed by atoms with Gasteiger partial charge in [0.05, 0.1) is 0 Å². The molecule has 0 spiro atoms. The van der Waals surface area contributed by atoms with Crippen molar-refractivity contribution < 1.29 is 4.79 Å². The highest BCUT2D eigenvalue weighted by Crippen LogP contribution is 2.17. The molecule has 0 aromatic heterocycles. The molecule has 1 aromatic rings. The molecule has 2 amide bonds. The molecule has 0 bridgehead atoms. The number of benzene rings is 1. The van der Waals surface area contributed by atoms with Crippen molar-refractivity contribution in [2.45, 2.75) is 26.2 Å². The molecule has 0 radical (unpaired) electrons. The summed E-state index contributed by atoms with van der Waals surface area (Å²) < 4.78 is 0. The average Bonchev–Trinajstić information content (AvgIpc) is 2.50. The predicted molar refractivity (Wildman–Crippen MR) is 87.9 cm³/mol. The van der Waals surface area contributed by atoms with E-state index < -0.39 is 0 Å². The molecule has 4 nitrogen and oxygen atoms in total. The highest BCUT2D eigenvalue weighted by atomic mass is 35.5. The van der Waals surface area contributed by atoms with Gasteiger partial charge in [0.15, 0.2) is 0 Å². The van der Waals surface area contributed by atoms with Gasteiger partial charge in [-0.25, -0.2) is 4.79 Å². The van der Waals surface area contributed by atoms with Crippen molar-refractivity contribution in [1.29, 1.82) is 0 Å². The number of anilines is 1. The van der Waals surface area contributed by atoms with Gasteiger partial charge >= 0.3 is 6.03 Å². The fourth-order valence-corrected chi connectivity index (χ4v) is 2.78. The zero-order valence-corrected chi connectivity index (χ0v) is 13.3. The molecule has 1 saturated heterocycles. The Bertz CT molecular complexity index is 443. The molecule has 21 heavy (non-hydrogen) atoms. The van der Waals surface area contributed by atoms with Gasteiger partial charge in [0.1, 0.15) is 0 Å². The Hall–Kier alpha value is -1.26. The molecule has 0 atom stereocenters. The minimum absolute atomic E-state index is 0.0160. The number of hydrogen-bond acceptors (Lipinski definition) is 2. The molecule has 2 rings (SSSR count). The summed E-state index contributed by atoms with van der Waals surface area (Å²) in [4.78, 5) is 14.4. The number of amides is 2. The van der Waals surface area contributed by atoms with Crippen molar-refractivity contribution in [3.63, 3.8) is 0 Å². The SMILES string of the molecule is CCCN(CC1CCNCC1)C(=O)Nc1ccc(Cl)cc1. The Labute approximate surface area is 131 Å². The number of carbonyl (C=O) groups is 1. The van der Waals surface area contributed by atoms with Gasteiger partial charge in [0.25, 0.3) is 0 Å². The molecule has 1 aromatic carbocycles. The Morgan fingerprint density at radius 2 is 2.00 bits per heavy atom. The Morgan fingerprint density at radius 1 is 1.33 bits per heavy atom. The first-order chi connectivity index (χ1) is 10.2. The molecule has 1 aliphatic rings. The number of nitrogens with one attached hydrogen (secondary N) is 2. The minimum Gasteiger partial charge on any atom is -0.324 e. The van der Waals surface area contributed by atoms with Crippen molar-refractivity contribution in [1.82, 2.24) is 10.2 Å². The maximum Gasteiger partial charge on any atom is 0.321 e. The molecule has 1 aliphatic heterocycles. The Morgan fingerprint density at radius 3 is 2.62 bits per heavy atom. The highest BCUT2D eigenvalue weighted by molar-refractivity contribution is 6.30. The first-order valence-electron chi connectivity index (χ1n) is 7.71. The summed E-state index contributed by atoms with van der Waals surface area (Å²) in [6.07, 6.45) is 3.27. The topological polar surface area (TPSA) is 44.4 Å². The lowest BCUT2D eigenvalue weighted by Crippen LogP contribution is -2.41. The molecule has 0 aliphatic carbocycles. The van der Waals surface area contributed by atoms with E-state index in [0.717, 1.165) is 51.1 Å². The van der Waals surface area contributed by atoms with Gasteiger partial charge in [-0.15, -0.1) is 0 Å². The third-order valence-corrected chi connectivity index (χ3v) is 4.07. The minimum atomic E-state index is -0.0160. The maximum atomic E-state index is 12.4. The van der Waals surface area contributed by atoms with Crippen LogP contribution >= 0.6 is 11.6 Å². The fourth-order valence-electron chi connectivity index (χ4n) is 2.66. The molecule has 1 fully saturated rings. The summed E-state index contributed by atoms with van der Waals surface area (Å²) in [6.45, 7) is 5.86. The van der Waals surface area contributed by atoms with Crippen molar-refractivity contribution in [2.75, 3.05) is 31.5 Å². The zero-order valence-electron chi connectivity index (χ0n) is 12.6. The van der Waals surface area contributed by atoms with Gasteiger partial charge in [0.2, 0.25) is 0 Å². The van der Waals surface area contributed by atoms with Crippen molar-refractivity contribution in [2.24, 2.45) is 5.92 Å². The summed E-state index contributed by atoms with van der Waals surface area (Å²) in [5.41, 5.74) is 0.788. The normalized spacial score (nSPS) is 15.7. The maximum absolute atomic E-state index is 12.4. The lowest BCUT2D eigenvalue weighted by atomic mass is 9.97. The van der Waals surface area contributed by atoms with Crippen LogP contribution in [-0.2, 0) is 0 Å². The Balaban J connectivity index is 1.92. The highest BCUT2D eigenvalue weighted by Gasteiger charge is 2.20. The van der Waals surface area contributed by atoms with Gasteiger partial charge in [-0.2, -0.15) is 0 Å². The van der Waals surface area contributed by atoms with Crippen LogP contribution < -0.4 is 10.6 Å². The molecule has 2 N–H and O–H groups in total. The van der Waals surface area contributed by atoms with Crippen LogP contribution in [0, 0.1) is 5.92 Å². The monoisotopic (exact) mass is 309 g/mol. The van der Waals surface area contributed by atoms with Gasteiger partial charge < -0.3 is 15.5 Å². The Kier molecular flexibility index (Phi) is 6.33. The fraction of sp³-hybridized carbons (Fsp3) is 0.562. The smallest absolute Gasteiger partial charge is 0.321 e. The van der Waals surface area contributed by atoms with E-state index in [1.165, 1.54) is 0 Å². The molecular weight excluding hydrogens is 286 g/mol. The van der Waals surface area contributed by atoms with Crippen LogP contribution in [0.2, 0.25) is 5.02 Å². The van der Waals surface area contributed by atoms with E-state index in [2.05, 4.69) is 17.6 Å². The molecular formula is C16H24ClN3O. The molecule has 5 heteroatoms. The van der Waals surface area contributed by atoms with Crippen LogP contribution in [0.25, 0.3) is 0 Å². The lowest BCUT2D eigenvalue weighted by Gasteiger charge is -2.30. The third-order valence-electron chi connectivity index (χ3n) is 3.81. The van der Waals surface area contributed by atoms with E-state index in [0.29, 0.717) is 10.9 Å². The average molecular weight is 310 g/mol. The molecule has 1 heterocycles. The van der Waals surface area contributed by atoms with Crippen molar-refractivity contribution >= 4 is 23.3 Å². The number of carbonyl (C=O) groups excluding carboxylic acids is 1. The summed E-state index contributed by atoms with van der Waals surface area (Å²) >= 11 is 5.86. The van der Waals surface area contributed by atoms with Gasteiger partial charge in [-0.1, -0.05) is 18.5 Å². The zero-order chi connectivity index (χ0) is 15.1. The van der Waals surface area contributed by atoms with Crippen LogP contribution in [-0.4, -0.2) is 37.1 Å².